The largest absolute Gasteiger partial charge is 0.489 e. The van der Waals surface area contributed by atoms with Crippen LogP contribution in [0, 0.1) is 0 Å². The van der Waals surface area contributed by atoms with Crippen LogP contribution in [0.3, 0.4) is 0 Å². The van der Waals surface area contributed by atoms with E-state index in [4.69, 9.17) is 21.3 Å². The van der Waals surface area contributed by atoms with Gasteiger partial charge in [-0.15, -0.1) is 0 Å². The zero-order chi connectivity index (χ0) is 27.2. The van der Waals surface area contributed by atoms with Gasteiger partial charge in [-0.1, -0.05) is 48.9 Å². The van der Waals surface area contributed by atoms with Crippen LogP contribution < -0.4 is 10.1 Å². The Bertz CT molecular complexity index is 1380. The van der Waals surface area contributed by atoms with E-state index in [9.17, 15) is 15.0 Å². The molecule has 0 bridgehead atoms. The lowest BCUT2D eigenvalue weighted by molar-refractivity contribution is 0.0930. The minimum absolute atomic E-state index is 0.0216. The maximum absolute atomic E-state index is 12.9. The second-order valence-electron chi connectivity index (χ2n) is 9.64. The van der Waals surface area contributed by atoms with Crippen molar-refractivity contribution in [2.45, 2.75) is 58.3 Å². The third-order valence-corrected chi connectivity index (χ3v) is 6.66. The highest BCUT2D eigenvalue weighted by atomic mass is 35.5. The summed E-state index contributed by atoms with van der Waals surface area (Å²) in [5.74, 6) is 0.279. The number of pyridine rings is 1. The Kier molecular flexibility index (Phi) is 9.05. The second kappa shape index (κ2) is 12.4. The molecule has 38 heavy (non-hydrogen) atoms. The van der Waals surface area contributed by atoms with Gasteiger partial charge in [-0.3, -0.25) is 4.79 Å². The smallest absolute Gasteiger partial charge is 0.251 e. The molecule has 2 aromatic heterocycles. The number of rotatable bonds is 11. The number of fused-ring (bicyclic) bond motifs is 1. The van der Waals surface area contributed by atoms with Gasteiger partial charge in [0.15, 0.2) is 0 Å². The summed E-state index contributed by atoms with van der Waals surface area (Å²) in [5, 5.41) is 23.3. The molecule has 2 aromatic carbocycles. The fourth-order valence-corrected chi connectivity index (χ4v) is 4.62. The normalized spacial score (nSPS) is 13.0. The first-order chi connectivity index (χ1) is 18.3. The fraction of sp³-hybridized carbons (Fsp3) is 0.333. The molecule has 0 aliphatic carbocycles. The summed E-state index contributed by atoms with van der Waals surface area (Å²) in [6, 6.07) is 16.5. The molecule has 8 heteroatoms. The number of halogens is 1. The molecule has 0 fully saturated rings. The van der Waals surface area contributed by atoms with Gasteiger partial charge in [0.1, 0.15) is 11.4 Å². The lowest BCUT2D eigenvalue weighted by Crippen LogP contribution is -2.37. The summed E-state index contributed by atoms with van der Waals surface area (Å²) < 4.78 is 7.57. The predicted molar refractivity (Wildman–Crippen MR) is 150 cm³/mol. The van der Waals surface area contributed by atoms with E-state index in [1.54, 1.807) is 18.2 Å². The maximum atomic E-state index is 12.9. The number of aliphatic hydroxyl groups excluding tert-OH is 2. The van der Waals surface area contributed by atoms with Gasteiger partial charge in [0, 0.05) is 41.7 Å². The molecule has 0 saturated heterocycles. The molecule has 7 nitrogen and oxygen atoms in total. The molecule has 0 radical (unpaired) electrons. The topological polar surface area (TPSA) is 96.1 Å². The van der Waals surface area contributed by atoms with Gasteiger partial charge in [0.2, 0.25) is 0 Å². The number of aliphatic hydroxyl groups is 2. The van der Waals surface area contributed by atoms with Gasteiger partial charge in [-0.2, -0.15) is 0 Å². The van der Waals surface area contributed by atoms with Crippen molar-refractivity contribution in [3.8, 4) is 17.0 Å². The highest BCUT2D eigenvalue weighted by molar-refractivity contribution is 6.32. The molecule has 2 atom stereocenters. The number of nitrogens with zero attached hydrogens (tertiary/aromatic N) is 2. The minimum Gasteiger partial charge on any atom is -0.489 e. The molecule has 0 saturated carbocycles. The molecule has 1 amide bonds. The van der Waals surface area contributed by atoms with Crippen LogP contribution in [0.5, 0.6) is 5.75 Å². The van der Waals surface area contributed by atoms with Gasteiger partial charge in [-0.05, 0) is 62.9 Å². The van der Waals surface area contributed by atoms with Crippen LogP contribution >= 0.6 is 11.6 Å². The molecule has 4 rings (SSSR count). The van der Waals surface area contributed by atoms with Crippen molar-refractivity contribution >= 4 is 23.2 Å². The summed E-state index contributed by atoms with van der Waals surface area (Å²) in [6.45, 7) is 5.72. The number of carbonyl (C=O) groups excluding carboxylic acids is 1. The van der Waals surface area contributed by atoms with Crippen molar-refractivity contribution in [3.63, 3.8) is 0 Å². The molecule has 0 aliphatic rings. The zero-order valence-corrected chi connectivity index (χ0v) is 22.7. The van der Waals surface area contributed by atoms with Crippen LogP contribution in [-0.4, -0.2) is 44.3 Å². The fourth-order valence-electron chi connectivity index (χ4n) is 4.39. The average molecular weight is 536 g/mol. The van der Waals surface area contributed by atoms with Crippen molar-refractivity contribution in [1.82, 2.24) is 14.7 Å². The monoisotopic (exact) mass is 535 g/mol. The quantitative estimate of drug-likeness (QED) is 0.232. The van der Waals surface area contributed by atoms with Gasteiger partial charge in [0.25, 0.3) is 5.91 Å². The molecule has 1 unspecified atom stereocenters. The molecule has 200 valence electrons. The van der Waals surface area contributed by atoms with Crippen LogP contribution in [0.4, 0.5) is 0 Å². The van der Waals surface area contributed by atoms with E-state index in [0.717, 1.165) is 28.0 Å². The van der Waals surface area contributed by atoms with Gasteiger partial charge < -0.3 is 24.7 Å². The van der Waals surface area contributed by atoms with Crippen molar-refractivity contribution < 1.29 is 19.7 Å². The van der Waals surface area contributed by atoms with Crippen LogP contribution in [0.15, 0.2) is 67.0 Å². The van der Waals surface area contributed by atoms with Crippen LogP contribution in [0.25, 0.3) is 16.9 Å². The number of aromatic nitrogens is 2. The Morgan fingerprint density at radius 1 is 1.16 bits per heavy atom. The lowest BCUT2D eigenvalue weighted by atomic mass is 10.0. The number of carbonyl (C=O) groups is 1. The Labute approximate surface area is 228 Å². The van der Waals surface area contributed by atoms with E-state index in [0.29, 0.717) is 35.6 Å². The first-order valence-corrected chi connectivity index (χ1v) is 13.3. The number of hydrogen-bond donors (Lipinski definition) is 3. The Balaban J connectivity index is 1.46. The zero-order valence-electron chi connectivity index (χ0n) is 21.9. The van der Waals surface area contributed by atoms with Gasteiger partial charge in [0.05, 0.1) is 22.9 Å². The molecule has 4 aromatic rings. The Hall–Kier alpha value is -3.39. The van der Waals surface area contributed by atoms with Gasteiger partial charge >= 0.3 is 0 Å². The Morgan fingerprint density at radius 2 is 1.92 bits per heavy atom. The summed E-state index contributed by atoms with van der Waals surface area (Å²) in [6.07, 6.45) is 4.90. The highest BCUT2D eigenvalue weighted by Gasteiger charge is 2.17. The number of benzene rings is 2. The first kappa shape index (κ1) is 27.6. The molecule has 2 heterocycles. The number of nitrogens with one attached hydrogen (secondary N) is 1. The SMILES string of the molecule is CCC(O)c1cccn2cc(-c3ccc(C[C@@H](CCO)NC(=O)c4ccc(OC(C)C)c(Cl)c4)cc3)nc12. The molecule has 3 N–H and O–H groups in total. The van der Waals surface area contributed by atoms with Crippen molar-refractivity contribution in [2.24, 2.45) is 0 Å². The van der Waals surface area contributed by atoms with E-state index in [2.05, 4.69) is 5.32 Å². The molecule has 0 aliphatic heterocycles. The number of hydrogen-bond acceptors (Lipinski definition) is 5. The average Bonchev–Trinajstić information content (AvgIpc) is 3.34. The molecular formula is C30H34ClN3O4. The third kappa shape index (κ3) is 6.54. The van der Waals surface area contributed by atoms with Crippen LogP contribution in [-0.2, 0) is 6.42 Å². The molecular weight excluding hydrogens is 502 g/mol. The van der Waals surface area contributed by atoms with Crippen LogP contribution in [0.1, 0.15) is 61.2 Å². The lowest BCUT2D eigenvalue weighted by Gasteiger charge is -2.19. The van der Waals surface area contributed by atoms with E-state index in [1.807, 2.05) is 74.0 Å². The minimum atomic E-state index is -0.558. The van der Waals surface area contributed by atoms with Crippen LogP contribution in [0.2, 0.25) is 5.02 Å². The predicted octanol–water partition coefficient (Wildman–Crippen LogP) is 5.61. The number of ether oxygens (including phenoxy) is 1. The second-order valence-corrected chi connectivity index (χ2v) is 10.0. The summed E-state index contributed by atoms with van der Waals surface area (Å²) in [7, 11) is 0. The number of amides is 1. The molecule has 0 spiro atoms. The third-order valence-electron chi connectivity index (χ3n) is 6.36. The Morgan fingerprint density at radius 3 is 2.58 bits per heavy atom. The highest BCUT2D eigenvalue weighted by Crippen LogP contribution is 2.27. The van der Waals surface area contributed by atoms with E-state index in [-0.39, 0.29) is 24.7 Å². The standard InChI is InChI=1S/C30H34ClN3O4/c1-4-27(36)24-6-5-14-34-18-26(33-29(24)34)21-9-7-20(8-10-21)16-23(13-15-35)32-30(37)22-11-12-28(25(31)17-22)38-19(2)3/h5-12,14,17-19,23,27,35-36H,4,13,15-16H2,1-3H3,(H,32,37)/t23-,27?/m1/s1. The van der Waals surface area contributed by atoms with E-state index >= 15 is 0 Å². The van der Waals surface area contributed by atoms with Crippen molar-refractivity contribution in [1.29, 1.82) is 0 Å². The van der Waals surface area contributed by atoms with E-state index < -0.39 is 6.10 Å². The number of imidazole rings is 1. The summed E-state index contributed by atoms with van der Waals surface area (Å²) >= 11 is 6.30. The summed E-state index contributed by atoms with van der Waals surface area (Å²) in [5.41, 5.74) is 4.78. The van der Waals surface area contributed by atoms with Crippen molar-refractivity contribution in [2.75, 3.05) is 6.61 Å². The van der Waals surface area contributed by atoms with Gasteiger partial charge in [-0.25, -0.2) is 4.98 Å². The first-order valence-electron chi connectivity index (χ1n) is 12.9. The van der Waals surface area contributed by atoms with E-state index in [1.165, 1.54) is 0 Å². The maximum Gasteiger partial charge on any atom is 0.251 e. The summed E-state index contributed by atoms with van der Waals surface area (Å²) in [4.78, 5) is 17.7. The van der Waals surface area contributed by atoms with Crippen molar-refractivity contribution in [3.05, 3.63) is 88.7 Å².